The van der Waals surface area contributed by atoms with E-state index in [2.05, 4.69) is 38.7 Å². The van der Waals surface area contributed by atoms with Crippen LogP contribution in [0.25, 0.3) is 0 Å². The topological polar surface area (TPSA) is 60.4 Å². The molecule has 32 heavy (non-hydrogen) atoms. The van der Waals surface area contributed by atoms with Crippen LogP contribution >= 0.6 is 0 Å². The third kappa shape index (κ3) is 3.09. The zero-order valence-corrected chi connectivity index (χ0v) is 19.1. The van der Waals surface area contributed by atoms with Crippen molar-refractivity contribution < 1.29 is 23.5 Å². The number of ketones is 2. The van der Waals surface area contributed by atoms with Crippen LogP contribution < -0.4 is 0 Å². The van der Waals surface area contributed by atoms with E-state index in [4.69, 9.17) is 4.74 Å². The molecule has 0 bridgehead atoms. The van der Waals surface area contributed by atoms with Crippen molar-refractivity contribution in [2.24, 2.45) is 28.6 Å². The smallest absolute Gasteiger partial charge is 0.386 e. The first-order chi connectivity index (χ1) is 15.1. The van der Waals surface area contributed by atoms with Crippen molar-refractivity contribution in [3.05, 3.63) is 23.3 Å². The highest BCUT2D eigenvalue weighted by Gasteiger charge is 2.67. The van der Waals surface area contributed by atoms with E-state index in [1.54, 1.807) is 0 Å². The lowest BCUT2D eigenvalue weighted by Gasteiger charge is -2.58. The van der Waals surface area contributed by atoms with Gasteiger partial charge in [0.15, 0.2) is 17.2 Å². The number of hydrogen-bond acceptors (Lipinski definition) is 4. The number of halogens is 1. The molecule has 0 spiro atoms. The van der Waals surface area contributed by atoms with Gasteiger partial charge in [-0.15, -0.1) is 4.39 Å². The Labute approximate surface area is 189 Å². The molecule has 6 atom stereocenters. The highest BCUT2D eigenvalue weighted by molar-refractivity contribution is 5.95. The second-order valence-electron chi connectivity index (χ2n) is 10.3. The van der Waals surface area contributed by atoms with Crippen molar-refractivity contribution in [1.29, 1.82) is 0 Å². The first-order valence-corrected chi connectivity index (χ1v) is 11.4. The monoisotopic (exact) mass is 436 g/mol. The molecule has 4 rings (SSSR count). The van der Waals surface area contributed by atoms with Gasteiger partial charge in [0.05, 0.1) is 0 Å². The molecule has 168 valence electrons. The molecule has 4 nitrogen and oxygen atoms in total. The van der Waals surface area contributed by atoms with Crippen LogP contribution in [0.3, 0.4) is 0 Å². The fraction of sp³-hybridized carbons (Fsp3) is 0.593. The predicted molar refractivity (Wildman–Crippen MR) is 117 cm³/mol. The number of Topliss-reactive ketones (excluding diaryl/α,β-unsaturated/α-hetero) is 1. The average Bonchev–Trinajstić information content (AvgIpc) is 3.03. The van der Waals surface area contributed by atoms with Gasteiger partial charge in [-0.2, -0.15) is 0 Å². The average molecular weight is 437 g/mol. The lowest BCUT2D eigenvalue weighted by molar-refractivity contribution is -0.182. The normalized spacial score (nSPS) is 39.5. The van der Waals surface area contributed by atoms with Crippen molar-refractivity contribution in [3.8, 4) is 23.9 Å². The number of hydrogen-bond donors (Lipinski definition) is 0. The van der Waals surface area contributed by atoms with E-state index < -0.39 is 17.0 Å². The van der Waals surface area contributed by atoms with Gasteiger partial charge in [0.25, 0.3) is 0 Å². The highest BCUT2D eigenvalue weighted by atomic mass is 19.1. The molecule has 0 aromatic carbocycles. The Kier molecular flexibility index (Phi) is 5.44. The van der Waals surface area contributed by atoms with Crippen LogP contribution in [0.1, 0.15) is 66.2 Å². The number of allylic oxidation sites excluding steroid dienone is 4. The number of esters is 1. The van der Waals surface area contributed by atoms with Gasteiger partial charge in [-0.05, 0) is 86.7 Å². The minimum Gasteiger partial charge on any atom is -0.441 e. The van der Waals surface area contributed by atoms with Gasteiger partial charge >= 0.3 is 5.97 Å². The number of carbonyl (C=O) groups is 3. The summed E-state index contributed by atoms with van der Waals surface area (Å²) in [5.74, 6) is 6.22. The van der Waals surface area contributed by atoms with Gasteiger partial charge in [0, 0.05) is 23.7 Å². The molecule has 0 aromatic heterocycles. The van der Waals surface area contributed by atoms with Crippen molar-refractivity contribution in [2.75, 3.05) is 0 Å². The molecular weight excluding hydrogens is 407 g/mol. The minimum absolute atomic E-state index is 0.0482. The molecule has 0 saturated heterocycles. The molecule has 0 aliphatic heterocycles. The molecule has 5 heteroatoms. The van der Waals surface area contributed by atoms with Crippen LogP contribution in [-0.2, 0) is 19.1 Å². The summed E-state index contributed by atoms with van der Waals surface area (Å²) >= 11 is 0. The zero-order valence-electron chi connectivity index (χ0n) is 19.1. The Bertz CT molecular complexity index is 1080. The highest BCUT2D eigenvalue weighted by Crippen LogP contribution is 2.67. The summed E-state index contributed by atoms with van der Waals surface area (Å²) in [5, 5.41) is 0. The van der Waals surface area contributed by atoms with Crippen molar-refractivity contribution in [2.45, 2.75) is 71.8 Å². The summed E-state index contributed by atoms with van der Waals surface area (Å²) in [7, 11) is 0. The largest absolute Gasteiger partial charge is 0.441 e. The van der Waals surface area contributed by atoms with E-state index >= 15 is 0 Å². The Morgan fingerprint density at radius 3 is 2.53 bits per heavy atom. The first-order valence-electron chi connectivity index (χ1n) is 11.4. The Balaban J connectivity index is 1.73. The molecule has 0 heterocycles. The van der Waals surface area contributed by atoms with Crippen molar-refractivity contribution in [3.63, 3.8) is 0 Å². The summed E-state index contributed by atoms with van der Waals surface area (Å²) in [6.45, 7) is 7.93. The fourth-order valence-corrected chi connectivity index (χ4v) is 7.52. The zero-order chi connectivity index (χ0) is 23.3. The van der Waals surface area contributed by atoms with Gasteiger partial charge < -0.3 is 4.74 Å². The van der Waals surface area contributed by atoms with Crippen LogP contribution in [-0.4, -0.2) is 23.1 Å². The van der Waals surface area contributed by atoms with E-state index in [9.17, 15) is 18.8 Å². The predicted octanol–water partition coefficient (Wildman–Crippen LogP) is 4.49. The van der Waals surface area contributed by atoms with Crippen LogP contribution in [0.15, 0.2) is 23.3 Å². The van der Waals surface area contributed by atoms with Crippen molar-refractivity contribution >= 4 is 17.5 Å². The third-order valence-electron chi connectivity index (χ3n) is 9.06. The number of rotatable bonds is 2. The van der Waals surface area contributed by atoms with Crippen LogP contribution in [0.4, 0.5) is 4.39 Å². The molecule has 2 saturated carbocycles. The second kappa shape index (κ2) is 7.73. The molecule has 4 aliphatic rings. The molecule has 0 aromatic rings. The summed E-state index contributed by atoms with van der Waals surface area (Å²) in [6.07, 6.45) is 9.60. The quantitative estimate of drug-likeness (QED) is 0.364. The SMILES string of the molecule is CC(=O)[C@@]1(OC(=O)C#CC#CF)CCC2C3C=C(C)C4=CC(=O)CC[C@]4(C)C3CC[C@@]21C. The maximum absolute atomic E-state index is 13.0. The fourth-order valence-electron chi connectivity index (χ4n) is 7.52. The molecule has 0 radical (unpaired) electrons. The number of carbonyl (C=O) groups excluding carboxylic acids is 3. The second-order valence-corrected chi connectivity index (χ2v) is 10.3. The molecule has 0 N–H and O–H groups in total. The maximum atomic E-state index is 13.0. The molecule has 0 amide bonds. The third-order valence-corrected chi connectivity index (χ3v) is 9.06. The Morgan fingerprint density at radius 2 is 1.84 bits per heavy atom. The van der Waals surface area contributed by atoms with Gasteiger partial charge in [-0.3, -0.25) is 9.59 Å². The number of fused-ring (bicyclic) bond motifs is 5. The Morgan fingerprint density at radius 1 is 1.12 bits per heavy atom. The lowest BCUT2D eigenvalue weighted by Crippen LogP contribution is -2.58. The summed E-state index contributed by atoms with van der Waals surface area (Å²) in [5.41, 5.74) is 0.526. The van der Waals surface area contributed by atoms with Crippen molar-refractivity contribution in [1.82, 2.24) is 0 Å². The van der Waals surface area contributed by atoms with E-state index in [1.807, 2.05) is 12.0 Å². The van der Waals surface area contributed by atoms with Gasteiger partial charge in [0.1, 0.15) is 6.17 Å². The maximum Gasteiger partial charge on any atom is 0.386 e. The summed E-state index contributed by atoms with van der Waals surface area (Å²) < 4.78 is 17.8. The molecular formula is C27H29FO4. The van der Waals surface area contributed by atoms with Gasteiger partial charge in [-0.1, -0.05) is 25.5 Å². The van der Waals surface area contributed by atoms with Crippen LogP contribution in [0.5, 0.6) is 0 Å². The summed E-state index contributed by atoms with van der Waals surface area (Å²) in [4.78, 5) is 37.5. The first kappa shape index (κ1) is 22.5. The van der Waals surface area contributed by atoms with Gasteiger partial charge in [-0.25, -0.2) is 4.79 Å². The van der Waals surface area contributed by atoms with E-state index in [0.717, 1.165) is 37.4 Å². The minimum atomic E-state index is -1.24. The van der Waals surface area contributed by atoms with E-state index in [0.29, 0.717) is 18.8 Å². The standard InChI is InChI=1S/C27H29FO4/c1-17-15-20-21(25(3)11-8-19(30)16-23(17)25)9-12-26(4)22(20)10-13-27(26,18(2)29)32-24(31)7-5-6-14-28/h15-16,20-22H,8-13H2,1-4H3/t20?,21?,22?,25-,26+,27+/m1/s1. The van der Waals surface area contributed by atoms with Crippen LogP contribution in [0.2, 0.25) is 0 Å². The number of ether oxygens (including phenoxy) is 1. The van der Waals surface area contributed by atoms with Crippen LogP contribution in [0, 0.1) is 52.5 Å². The molecule has 4 aliphatic carbocycles. The molecule has 2 fully saturated rings. The summed E-state index contributed by atoms with van der Waals surface area (Å²) in [6, 6.07) is 0. The molecule has 3 unspecified atom stereocenters. The lowest BCUT2D eigenvalue weighted by atomic mass is 9.47. The van der Waals surface area contributed by atoms with Gasteiger partial charge in [0.2, 0.25) is 0 Å². The van der Waals surface area contributed by atoms with E-state index in [-0.39, 0.29) is 28.8 Å². The Hall–Kier alpha value is -2.66. The van der Waals surface area contributed by atoms with E-state index in [1.165, 1.54) is 12.5 Å².